The van der Waals surface area contributed by atoms with E-state index in [0.717, 1.165) is 31.2 Å². The van der Waals surface area contributed by atoms with Crippen LogP contribution in [0.1, 0.15) is 49.7 Å². The maximum atomic E-state index is 11.6. The third-order valence-electron chi connectivity index (χ3n) is 3.21. The number of benzene rings is 1. The van der Waals surface area contributed by atoms with Crippen LogP contribution >= 0.6 is 0 Å². The van der Waals surface area contributed by atoms with Crippen molar-refractivity contribution in [1.29, 1.82) is 5.26 Å². The van der Waals surface area contributed by atoms with Crippen molar-refractivity contribution in [3.63, 3.8) is 0 Å². The molecule has 6 nitrogen and oxygen atoms in total. The number of nitrogens with one attached hydrogen (secondary N) is 1. The third kappa shape index (κ3) is 8.37. The number of ether oxygens (including phenoxy) is 1. The minimum Gasteiger partial charge on any atom is -0.469 e. The van der Waals surface area contributed by atoms with Crippen molar-refractivity contribution in [2.45, 2.75) is 38.5 Å². The second kappa shape index (κ2) is 11.0. The molecule has 0 heterocycles. The van der Waals surface area contributed by atoms with Crippen LogP contribution in [0.3, 0.4) is 0 Å². The van der Waals surface area contributed by atoms with Crippen molar-refractivity contribution in [2.24, 2.45) is 5.10 Å². The summed E-state index contributed by atoms with van der Waals surface area (Å²) in [6, 6.07) is 8.94. The highest BCUT2D eigenvalue weighted by Gasteiger charge is 2.01. The summed E-state index contributed by atoms with van der Waals surface area (Å²) in [5.41, 5.74) is 3.86. The van der Waals surface area contributed by atoms with Crippen molar-refractivity contribution in [1.82, 2.24) is 5.43 Å². The van der Waals surface area contributed by atoms with E-state index in [1.807, 2.05) is 6.07 Å². The zero-order valence-corrected chi connectivity index (χ0v) is 13.2. The van der Waals surface area contributed by atoms with Crippen LogP contribution in [0.4, 0.5) is 0 Å². The van der Waals surface area contributed by atoms with Crippen LogP contribution in [-0.4, -0.2) is 25.2 Å². The largest absolute Gasteiger partial charge is 0.469 e. The maximum absolute atomic E-state index is 11.6. The number of hydrogen-bond donors (Lipinski definition) is 1. The Labute approximate surface area is 136 Å². The molecular formula is C17H21N3O3. The molecule has 0 saturated carbocycles. The van der Waals surface area contributed by atoms with Crippen LogP contribution in [0.5, 0.6) is 0 Å². The predicted octanol–water partition coefficient (Wildman–Crippen LogP) is 2.52. The fraction of sp³-hybridized carbons (Fsp3) is 0.412. The maximum Gasteiger partial charge on any atom is 0.305 e. The Kier molecular flexibility index (Phi) is 8.76. The average Bonchev–Trinajstić information content (AvgIpc) is 2.58. The molecule has 23 heavy (non-hydrogen) atoms. The molecule has 122 valence electrons. The third-order valence-corrected chi connectivity index (χ3v) is 3.21. The molecule has 0 radical (unpaired) electrons. The minimum absolute atomic E-state index is 0.136. The van der Waals surface area contributed by atoms with Gasteiger partial charge in [0.1, 0.15) is 0 Å². The number of hydrogen-bond acceptors (Lipinski definition) is 5. The van der Waals surface area contributed by atoms with Crippen molar-refractivity contribution in [3.8, 4) is 6.07 Å². The number of hydrazone groups is 1. The molecule has 0 atom stereocenters. The fourth-order valence-corrected chi connectivity index (χ4v) is 1.89. The van der Waals surface area contributed by atoms with E-state index in [1.54, 1.807) is 24.3 Å². The molecule has 6 heteroatoms. The summed E-state index contributed by atoms with van der Waals surface area (Å²) in [6.07, 6.45) is 5.71. The molecule has 1 rings (SSSR count). The molecule has 0 aromatic heterocycles. The lowest BCUT2D eigenvalue weighted by atomic mass is 10.1. The molecule has 0 aliphatic heterocycles. The summed E-state index contributed by atoms with van der Waals surface area (Å²) >= 11 is 0. The quantitative estimate of drug-likeness (QED) is 0.328. The monoisotopic (exact) mass is 315 g/mol. The highest BCUT2D eigenvalue weighted by molar-refractivity contribution is 5.82. The van der Waals surface area contributed by atoms with Crippen LogP contribution in [0.2, 0.25) is 0 Å². The number of methoxy groups -OCH3 is 1. The summed E-state index contributed by atoms with van der Waals surface area (Å²) < 4.78 is 4.55. The lowest BCUT2D eigenvalue weighted by Gasteiger charge is -2.01. The molecule has 1 aromatic carbocycles. The van der Waals surface area contributed by atoms with Gasteiger partial charge in [-0.2, -0.15) is 10.4 Å². The Morgan fingerprint density at radius 1 is 1.17 bits per heavy atom. The molecule has 0 saturated heterocycles. The van der Waals surface area contributed by atoms with Crippen LogP contribution in [0.15, 0.2) is 29.4 Å². The van der Waals surface area contributed by atoms with Gasteiger partial charge in [0.05, 0.1) is 25.0 Å². The normalized spacial score (nSPS) is 10.3. The molecule has 1 aromatic rings. The van der Waals surface area contributed by atoms with E-state index in [0.29, 0.717) is 18.4 Å². The number of carbonyl (C=O) groups excluding carboxylic acids is 2. The molecule has 1 N–H and O–H groups in total. The highest BCUT2D eigenvalue weighted by atomic mass is 16.5. The minimum atomic E-state index is -0.195. The van der Waals surface area contributed by atoms with Gasteiger partial charge in [0.15, 0.2) is 0 Å². The first-order chi connectivity index (χ1) is 11.2. The van der Waals surface area contributed by atoms with E-state index in [4.69, 9.17) is 5.26 Å². The van der Waals surface area contributed by atoms with Crippen LogP contribution < -0.4 is 5.43 Å². The summed E-state index contributed by atoms with van der Waals surface area (Å²) in [4.78, 5) is 22.5. The molecule has 0 spiro atoms. The molecule has 0 unspecified atom stereocenters. The number of unbranched alkanes of at least 4 members (excludes halogenated alkanes) is 3. The highest BCUT2D eigenvalue weighted by Crippen LogP contribution is 2.06. The summed E-state index contributed by atoms with van der Waals surface area (Å²) in [5.74, 6) is -0.331. The van der Waals surface area contributed by atoms with Gasteiger partial charge in [-0.3, -0.25) is 9.59 Å². The molecule has 0 bridgehead atoms. The van der Waals surface area contributed by atoms with Gasteiger partial charge in [-0.25, -0.2) is 5.43 Å². The fourth-order valence-electron chi connectivity index (χ4n) is 1.89. The van der Waals surface area contributed by atoms with E-state index < -0.39 is 0 Å². The van der Waals surface area contributed by atoms with Gasteiger partial charge >= 0.3 is 5.97 Å². The van der Waals surface area contributed by atoms with Crippen LogP contribution in [0.25, 0.3) is 0 Å². The van der Waals surface area contributed by atoms with Gasteiger partial charge in [0, 0.05) is 12.8 Å². The van der Waals surface area contributed by atoms with Gasteiger partial charge in [0.25, 0.3) is 0 Å². The number of nitrogens with zero attached hydrogens (tertiary/aromatic N) is 2. The first-order valence-corrected chi connectivity index (χ1v) is 7.54. The Bertz CT molecular complexity index is 574. The van der Waals surface area contributed by atoms with Gasteiger partial charge in [-0.15, -0.1) is 0 Å². The van der Waals surface area contributed by atoms with Gasteiger partial charge < -0.3 is 4.74 Å². The molecule has 0 fully saturated rings. The summed E-state index contributed by atoms with van der Waals surface area (Å²) in [6.45, 7) is 0. The van der Waals surface area contributed by atoms with Crippen molar-refractivity contribution in [2.75, 3.05) is 7.11 Å². The lowest BCUT2D eigenvalue weighted by Crippen LogP contribution is -2.16. The molecule has 0 aliphatic carbocycles. The van der Waals surface area contributed by atoms with Crippen molar-refractivity contribution in [3.05, 3.63) is 35.4 Å². The first kappa shape index (κ1) is 18.4. The SMILES string of the molecule is COC(=O)CCCCCCC(=O)N/N=C/c1ccc(C#N)cc1. The van der Waals surface area contributed by atoms with Gasteiger partial charge in [-0.05, 0) is 30.5 Å². The number of nitriles is 1. The Morgan fingerprint density at radius 3 is 2.43 bits per heavy atom. The lowest BCUT2D eigenvalue weighted by molar-refractivity contribution is -0.140. The zero-order valence-electron chi connectivity index (χ0n) is 13.2. The van der Waals surface area contributed by atoms with Gasteiger partial charge in [0.2, 0.25) is 5.91 Å². The Morgan fingerprint density at radius 2 is 1.83 bits per heavy atom. The Hall–Kier alpha value is -2.68. The standard InChI is InChI=1S/C17H21N3O3/c1-23-17(22)7-5-3-2-4-6-16(21)20-19-13-15-10-8-14(12-18)9-11-15/h8-11,13H,2-7H2,1H3,(H,20,21)/b19-13+. The number of rotatable bonds is 9. The first-order valence-electron chi connectivity index (χ1n) is 7.54. The second-order valence-electron chi connectivity index (χ2n) is 5.02. The Balaban J connectivity index is 2.13. The van der Waals surface area contributed by atoms with Gasteiger partial charge in [-0.1, -0.05) is 25.0 Å². The van der Waals surface area contributed by atoms with Crippen molar-refractivity contribution < 1.29 is 14.3 Å². The average molecular weight is 315 g/mol. The second-order valence-corrected chi connectivity index (χ2v) is 5.02. The predicted molar refractivity (Wildman–Crippen MR) is 86.6 cm³/mol. The van der Waals surface area contributed by atoms with E-state index >= 15 is 0 Å². The molecule has 0 aliphatic rings. The van der Waals surface area contributed by atoms with Crippen molar-refractivity contribution >= 4 is 18.1 Å². The number of carbonyl (C=O) groups is 2. The number of amides is 1. The summed E-state index contributed by atoms with van der Waals surface area (Å²) in [5, 5.41) is 12.6. The van der Waals surface area contributed by atoms with E-state index in [2.05, 4.69) is 15.3 Å². The van der Waals surface area contributed by atoms with E-state index in [9.17, 15) is 9.59 Å². The van der Waals surface area contributed by atoms with E-state index in [1.165, 1.54) is 13.3 Å². The molecular weight excluding hydrogens is 294 g/mol. The summed E-state index contributed by atoms with van der Waals surface area (Å²) in [7, 11) is 1.38. The van der Waals surface area contributed by atoms with Crippen LogP contribution in [-0.2, 0) is 14.3 Å². The topological polar surface area (TPSA) is 91.6 Å². The molecule has 1 amide bonds. The zero-order chi connectivity index (χ0) is 16.9. The number of esters is 1. The van der Waals surface area contributed by atoms with E-state index in [-0.39, 0.29) is 11.9 Å². The smallest absolute Gasteiger partial charge is 0.305 e. The van der Waals surface area contributed by atoms with Crippen LogP contribution in [0, 0.1) is 11.3 Å².